The molecular formula is C25H19F8NO3. The van der Waals surface area contributed by atoms with Crippen LogP contribution in [0.1, 0.15) is 11.6 Å². The molecule has 0 saturated carbocycles. The van der Waals surface area contributed by atoms with Gasteiger partial charge in [0, 0.05) is 5.56 Å². The molecule has 4 rings (SSSR count). The summed E-state index contributed by atoms with van der Waals surface area (Å²) in [7, 11) is 0. The summed E-state index contributed by atoms with van der Waals surface area (Å²) in [5, 5.41) is 9.86. The van der Waals surface area contributed by atoms with Gasteiger partial charge in [0.05, 0.1) is 18.3 Å². The van der Waals surface area contributed by atoms with Crippen LogP contribution in [0.4, 0.5) is 40.8 Å². The fourth-order valence-corrected chi connectivity index (χ4v) is 3.98. The fraction of sp³-hybridized carbons (Fsp3) is 0.280. The van der Waals surface area contributed by atoms with E-state index in [1.807, 2.05) is 0 Å². The van der Waals surface area contributed by atoms with Gasteiger partial charge in [0.2, 0.25) is 0 Å². The van der Waals surface area contributed by atoms with Gasteiger partial charge in [-0.1, -0.05) is 36.4 Å². The minimum absolute atomic E-state index is 0.110. The number of aliphatic hydroxyl groups is 1. The second-order valence-corrected chi connectivity index (χ2v) is 8.24. The van der Waals surface area contributed by atoms with Gasteiger partial charge in [0.15, 0.2) is 11.9 Å². The molecule has 12 heteroatoms. The van der Waals surface area contributed by atoms with Gasteiger partial charge in [0.25, 0.3) is 0 Å². The molecule has 2 unspecified atom stereocenters. The van der Waals surface area contributed by atoms with Crippen molar-refractivity contribution < 1.29 is 49.7 Å². The van der Waals surface area contributed by atoms with Gasteiger partial charge in [-0.15, -0.1) is 0 Å². The predicted octanol–water partition coefficient (Wildman–Crippen LogP) is 6.59. The molecule has 1 N–H and O–H groups in total. The molecule has 0 spiro atoms. The molecular weight excluding hydrogens is 514 g/mol. The summed E-state index contributed by atoms with van der Waals surface area (Å²) < 4.78 is 116. The number of ether oxygens (including phenoxy) is 2. The van der Waals surface area contributed by atoms with E-state index in [4.69, 9.17) is 4.74 Å². The predicted molar refractivity (Wildman–Crippen MR) is 118 cm³/mol. The van der Waals surface area contributed by atoms with Crippen molar-refractivity contribution in [3.8, 4) is 22.6 Å². The number of aliphatic hydroxyl groups excluding tert-OH is 1. The van der Waals surface area contributed by atoms with Crippen LogP contribution >= 0.6 is 0 Å². The summed E-state index contributed by atoms with van der Waals surface area (Å²) in [6.07, 6.45) is -16.7. The lowest BCUT2D eigenvalue weighted by molar-refractivity contribution is -0.253. The Balaban J connectivity index is 1.76. The van der Waals surface area contributed by atoms with Crippen molar-refractivity contribution in [2.75, 3.05) is 18.1 Å². The summed E-state index contributed by atoms with van der Waals surface area (Å²) in [6.45, 7) is -1.27. The van der Waals surface area contributed by atoms with E-state index in [0.29, 0.717) is 11.1 Å². The Bertz CT molecular complexity index is 1250. The fourth-order valence-electron chi connectivity index (χ4n) is 3.98. The number of para-hydroxylation sites is 1. The highest BCUT2D eigenvalue weighted by Gasteiger charge is 2.45. The number of benzene rings is 3. The molecule has 37 heavy (non-hydrogen) atoms. The zero-order valence-corrected chi connectivity index (χ0v) is 18.7. The van der Waals surface area contributed by atoms with E-state index in [1.54, 1.807) is 12.1 Å². The minimum Gasteiger partial charge on any atom is -0.488 e. The first-order chi connectivity index (χ1) is 17.4. The smallest absolute Gasteiger partial charge is 0.461 e. The third-order valence-electron chi connectivity index (χ3n) is 5.70. The van der Waals surface area contributed by atoms with Crippen LogP contribution in [0.15, 0.2) is 66.7 Å². The van der Waals surface area contributed by atoms with Crippen LogP contribution in [-0.4, -0.2) is 43.1 Å². The second kappa shape index (κ2) is 10.1. The topological polar surface area (TPSA) is 41.9 Å². The number of halogens is 8. The molecule has 0 amide bonds. The molecule has 1 aliphatic rings. The van der Waals surface area contributed by atoms with Crippen LogP contribution in [0.2, 0.25) is 0 Å². The molecule has 3 aromatic rings. The lowest BCUT2D eigenvalue weighted by atomic mass is 9.98. The van der Waals surface area contributed by atoms with Crippen LogP contribution in [0.25, 0.3) is 11.1 Å². The van der Waals surface area contributed by atoms with E-state index in [-0.39, 0.29) is 23.6 Å². The van der Waals surface area contributed by atoms with Crippen molar-refractivity contribution in [1.29, 1.82) is 0 Å². The summed E-state index contributed by atoms with van der Waals surface area (Å²) in [5.41, 5.74) is 0.983. The second-order valence-electron chi connectivity index (χ2n) is 8.24. The van der Waals surface area contributed by atoms with Crippen molar-refractivity contribution >= 4 is 5.69 Å². The highest BCUT2D eigenvalue weighted by atomic mass is 19.4. The minimum atomic E-state index is -4.98. The summed E-state index contributed by atoms with van der Waals surface area (Å²) in [4.78, 5) is 1.17. The number of fused-ring (bicyclic) bond motifs is 1. The van der Waals surface area contributed by atoms with Gasteiger partial charge >= 0.3 is 18.7 Å². The Hall–Kier alpha value is -3.54. The van der Waals surface area contributed by atoms with Gasteiger partial charge in [0.1, 0.15) is 18.2 Å². The number of rotatable bonds is 7. The Morgan fingerprint density at radius 3 is 2.35 bits per heavy atom. The highest BCUT2D eigenvalue weighted by Crippen LogP contribution is 2.46. The SMILES string of the molecule is OC(CN1c2cccc(-c3cccc(F)c3)c2OCC1c1cccc(OC(F)(F)C(F)F)c1)C(F)(F)F. The molecule has 0 radical (unpaired) electrons. The van der Waals surface area contributed by atoms with E-state index >= 15 is 0 Å². The van der Waals surface area contributed by atoms with Crippen molar-refractivity contribution in [1.82, 2.24) is 0 Å². The maximum absolute atomic E-state index is 13.8. The average Bonchev–Trinajstić information content (AvgIpc) is 2.83. The maximum Gasteiger partial charge on any atom is 0.461 e. The third kappa shape index (κ3) is 5.74. The normalized spacial score (nSPS) is 16.8. The Morgan fingerprint density at radius 1 is 0.973 bits per heavy atom. The maximum atomic E-state index is 13.8. The first-order valence-electron chi connectivity index (χ1n) is 10.8. The molecule has 198 valence electrons. The van der Waals surface area contributed by atoms with Gasteiger partial charge < -0.3 is 19.5 Å². The van der Waals surface area contributed by atoms with E-state index in [1.165, 1.54) is 47.4 Å². The molecule has 0 saturated heterocycles. The number of hydrogen-bond donors (Lipinski definition) is 1. The Labute approximate surface area is 205 Å². The number of alkyl halides is 7. The average molecular weight is 533 g/mol. The molecule has 3 aromatic carbocycles. The lowest BCUT2D eigenvalue weighted by Crippen LogP contribution is -2.46. The first-order valence-corrected chi connectivity index (χ1v) is 10.8. The van der Waals surface area contributed by atoms with Crippen LogP contribution in [-0.2, 0) is 0 Å². The molecule has 2 atom stereocenters. The highest BCUT2D eigenvalue weighted by molar-refractivity contribution is 5.80. The largest absolute Gasteiger partial charge is 0.488 e. The molecule has 0 aromatic heterocycles. The number of nitrogens with zero attached hydrogens (tertiary/aromatic N) is 1. The van der Waals surface area contributed by atoms with Gasteiger partial charge in [-0.05, 0) is 41.5 Å². The summed E-state index contributed by atoms with van der Waals surface area (Å²) >= 11 is 0. The van der Waals surface area contributed by atoms with E-state index < -0.39 is 49.0 Å². The van der Waals surface area contributed by atoms with Crippen molar-refractivity contribution in [3.63, 3.8) is 0 Å². The molecule has 0 aliphatic carbocycles. The quantitative estimate of drug-likeness (QED) is 0.348. The standard InChI is InChI=1S/C25H19F8NO3/c26-16-6-1-4-14(10-16)18-8-3-9-19-22(18)36-13-20(34(19)12-21(35)24(29,30)31)15-5-2-7-17(11-15)37-25(32,33)23(27)28/h1-11,20-21,23,35H,12-13H2. The molecule has 1 heterocycles. The molecule has 4 nitrogen and oxygen atoms in total. The summed E-state index contributed by atoms with van der Waals surface area (Å²) in [6, 6.07) is 13.5. The number of β-amino-alcohol motifs (C(OH)–C–C–N with tert-alkyl or cyclic N) is 1. The van der Waals surface area contributed by atoms with E-state index in [0.717, 1.165) is 12.1 Å². The lowest BCUT2D eigenvalue weighted by Gasteiger charge is -2.41. The van der Waals surface area contributed by atoms with E-state index in [9.17, 15) is 40.2 Å². The Kier molecular flexibility index (Phi) is 7.22. The van der Waals surface area contributed by atoms with Crippen molar-refractivity contribution in [2.45, 2.75) is 30.9 Å². The van der Waals surface area contributed by atoms with Gasteiger partial charge in [-0.25, -0.2) is 4.39 Å². The molecule has 0 bridgehead atoms. The third-order valence-corrected chi connectivity index (χ3v) is 5.70. The Morgan fingerprint density at radius 2 is 1.68 bits per heavy atom. The van der Waals surface area contributed by atoms with Crippen LogP contribution < -0.4 is 14.4 Å². The first kappa shape index (κ1) is 26.5. The van der Waals surface area contributed by atoms with Crippen LogP contribution in [0.3, 0.4) is 0 Å². The molecule has 0 fully saturated rings. The number of hydrogen-bond acceptors (Lipinski definition) is 4. The zero-order valence-electron chi connectivity index (χ0n) is 18.7. The number of anilines is 1. The van der Waals surface area contributed by atoms with Crippen molar-refractivity contribution in [3.05, 3.63) is 78.1 Å². The van der Waals surface area contributed by atoms with Crippen molar-refractivity contribution in [2.24, 2.45) is 0 Å². The van der Waals surface area contributed by atoms with E-state index in [2.05, 4.69) is 4.74 Å². The summed E-state index contributed by atoms with van der Waals surface area (Å²) in [5.74, 6) is -1.07. The van der Waals surface area contributed by atoms with Crippen LogP contribution in [0.5, 0.6) is 11.5 Å². The van der Waals surface area contributed by atoms with Gasteiger partial charge in [-0.2, -0.15) is 30.7 Å². The van der Waals surface area contributed by atoms with Crippen LogP contribution in [0, 0.1) is 5.82 Å². The van der Waals surface area contributed by atoms with Gasteiger partial charge in [-0.3, -0.25) is 0 Å². The molecule has 1 aliphatic heterocycles. The monoisotopic (exact) mass is 533 g/mol. The zero-order chi connectivity index (χ0) is 27.0.